The van der Waals surface area contributed by atoms with Gasteiger partial charge in [-0.05, 0) is 44.0 Å². The summed E-state index contributed by atoms with van der Waals surface area (Å²) in [4.78, 5) is 17.7. The van der Waals surface area contributed by atoms with Crippen molar-refractivity contribution in [2.75, 3.05) is 19.6 Å². The fourth-order valence-electron chi connectivity index (χ4n) is 3.98. The number of hydrogen-bond donors (Lipinski definition) is 2. The number of benzene rings is 1. The number of piperidine rings is 3. The van der Waals surface area contributed by atoms with E-state index >= 15 is 0 Å². The minimum absolute atomic E-state index is 0.0783. The second-order valence-corrected chi connectivity index (χ2v) is 7.14. The lowest BCUT2D eigenvalue weighted by atomic mass is 9.84. The van der Waals surface area contributed by atoms with E-state index in [-0.39, 0.29) is 23.9 Å². The summed E-state index contributed by atoms with van der Waals surface area (Å²) in [5, 5.41) is 3.06. The van der Waals surface area contributed by atoms with Crippen molar-refractivity contribution >= 4 is 5.91 Å². The van der Waals surface area contributed by atoms with Gasteiger partial charge < -0.3 is 15.2 Å². The lowest BCUT2D eigenvalue weighted by molar-refractivity contribution is 0.0618. The van der Waals surface area contributed by atoms with Crippen LogP contribution < -0.4 is 5.32 Å². The minimum Gasteiger partial charge on any atom is -0.354 e. The van der Waals surface area contributed by atoms with Gasteiger partial charge in [-0.2, -0.15) is 0 Å². The molecule has 1 aromatic heterocycles. The van der Waals surface area contributed by atoms with Crippen LogP contribution in [-0.4, -0.2) is 41.5 Å². The number of H-pyrrole nitrogens is 1. The number of aromatic amines is 1. The van der Waals surface area contributed by atoms with Crippen LogP contribution in [0.1, 0.15) is 34.6 Å². The molecule has 3 saturated heterocycles. The van der Waals surface area contributed by atoms with Gasteiger partial charge in [0.05, 0.1) is 0 Å². The molecule has 0 aliphatic carbocycles. The zero-order valence-electron chi connectivity index (χ0n) is 14.2. The van der Waals surface area contributed by atoms with Gasteiger partial charge in [-0.1, -0.05) is 0 Å². The van der Waals surface area contributed by atoms with Crippen molar-refractivity contribution in [3.05, 3.63) is 58.7 Å². The highest BCUT2D eigenvalue weighted by molar-refractivity contribution is 5.92. The van der Waals surface area contributed by atoms with Gasteiger partial charge in [-0.25, -0.2) is 13.2 Å². The Morgan fingerprint density at radius 3 is 2.46 bits per heavy atom. The molecule has 3 aliphatic rings. The summed E-state index contributed by atoms with van der Waals surface area (Å²) in [6.45, 7) is 3.06. The number of amides is 1. The zero-order valence-corrected chi connectivity index (χ0v) is 14.2. The monoisotopic (exact) mass is 363 g/mol. The SMILES string of the molecule is O=C(N[C@H]1CN2CCC1CC2)c1ccc(Cc2c(F)cc(F)cc2F)[nH]1. The molecular weight excluding hydrogens is 343 g/mol. The van der Waals surface area contributed by atoms with Gasteiger partial charge >= 0.3 is 0 Å². The number of aromatic nitrogens is 1. The van der Waals surface area contributed by atoms with Gasteiger partial charge in [0.2, 0.25) is 0 Å². The van der Waals surface area contributed by atoms with Crippen molar-refractivity contribution in [1.82, 2.24) is 15.2 Å². The number of nitrogens with one attached hydrogen (secondary N) is 2. The molecule has 0 radical (unpaired) electrons. The van der Waals surface area contributed by atoms with E-state index in [9.17, 15) is 18.0 Å². The summed E-state index contributed by atoms with van der Waals surface area (Å²) in [7, 11) is 0. The average Bonchev–Trinajstić information content (AvgIpc) is 3.08. The molecule has 1 aromatic carbocycles. The van der Waals surface area contributed by atoms with Crippen molar-refractivity contribution in [2.24, 2.45) is 5.92 Å². The molecule has 5 rings (SSSR count). The molecule has 7 heteroatoms. The Morgan fingerprint density at radius 2 is 1.85 bits per heavy atom. The maximum atomic E-state index is 13.8. The van der Waals surface area contributed by atoms with Crippen molar-refractivity contribution < 1.29 is 18.0 Å². The van der Waals surface area contributed by atoms with Crippen molar-refractivity contribution in [1.29, 1.82) is 0 Å². The molecule has 4 heterocycles. The van der Waals surface area contributed by atoms with Gasteiger partial charge in [0.25, 0.3) is 5.91 Å². The van der Waals surface area contributed by atoms with E-state index in [1.165, 1.54) is 0 Å². The standard InChI is InChI=1S/C19H20F3N3O/c20-12-7-15(21)14(16(22)8-12)9-13-1-2-17(23-13)19(26)24-18-10-25-5-3-11(18)4-6-25/h1-2,7-8,11,18,23H,3-6,9-10H2,(H,24,26)/t18-/m0/s1. The number of carbonyl (C=O) groups excluding carboxylic acids is 1. The fraction of sp³-hybridized carbons (Fsp3) is 0.421. The summed E-state index contributed by atoms with van der Waals surface area (Å²) >= 11 is 0. The van der Waals surface area contributed by atoms with Gasteiger partial charge in [0.1, 0.15) is 23.1 Å². The first-order chi connectivity index (χ1) is 12.5. The second-order valence-electron chi connectivity index (χ2n) is 7.14. The average molecular weight is 363 g/mol. The summed E-state index contributed by atoms with van der Waals surface area (Å²) in [6, 6.07) is 4.67. The lowest BCUT2D eigenvalue weighted by Crippen LogP contribution is -2.57. The number of fused-ring (bicyclic) bond motifs is 3. The third-order valence-corrected chi connectivity index (χ3v) is 5.44. The van der Waals surface area contributed by atoms with Gasteiger partial charge in [-0.15, -0.1) is 0 Å². The highest BCUT2D eigenvalue weighted by Gasteiger charge is 2.35. The largest absolute Gasteiger partial charge is 0.354 e. The number of nitrogens with zero attached hydrogens (tertiary/aromatic N) is 1. The Labute approximate surface area is 149 Å². The Balaban J connectivity index is 1.44. The van der Waals surface area contributed by atoms with Crippen LogP contribution in [0, 0.1) is 23.4 Å². The topological polar surface area (TPSA) is 48.1 Å². The summed E-state index contributed by atoms with van der Waals surface area (Å²) in [5.41, 5.74) is 0.630. The van der Waals surface area contributed by atoms with Crippen LogP contribution in [0.4, 0.5) is 13.2 Å². The molecule has 4 nitrogen and oxygen atoms in total. The van der Waals surface area contributed by atoms with Gasteiger partial charge in [0.15, 0.2) is 0 Å². The summed E-state index contributed by atoms with van der Waals surface area (Å²) < 4.78 is 40.6. The van der Waals surface area contributed by atoms with E-state index in [0.29, 0.717) is 29.4 Å². The first-order valence-electron chi connectivity index (χ1n) is 8.84. The number of halogens is 3. The molecule has 2 aromatic rings. The third-order valence-electron chi connectivity index (χ3n) is 5.44. The predicted octanol–water partition coefficient (Wildman–Crippen LogP) is 2.85. The third kappa shape index (κ3) is 3.35. The number of hydrogen-bond acceptors (Lipinski definition) is 2. The molecule has 3 fully saturated rings. The van der Waals surface area contributed by atoms with Crippen LogP contribution in [0.5, 0.6) is 0 Å². The Morgan fingerprint density at radius 1 is 1.15 bits per heavy atom. The highest BCUT2D eigenvalue weighted by Crippen LogP contribution is 2.27. The van der Waals surface area contributed by atoms with Gasteiger partial charge in [-0.3, -0.25) is 4.79 Å². The maximum Gasteiger partial charge on any atom is 0.267 e. The Hall–Kier alpha value is -2.28. The number of carbonyl (C=O) groups is 1. The molecule has 138 valence electrons. The van der Waals surface area contributed by atoms with Crippen LogP contribution in [0.3, 0.4) is 0 Å². The molecule has 0 spiro atoms. The normalized spacial score (nSPS) is 24.7. The molecule has 3 aliphatic heterocycles. The first-order valence-corrected chi connectivity index (χ1v) is 8.84. The quantitative estimate of drug-likeness (QED) is 0.878. The van der Waals surface area contributed by atoms with E-state index < -0.39 is 17.5 Å². The maximum absolute atomic E-state index is 13.8. The summed E-state index contributed by atoms with van der Waals surface area (Å²) in [5.74, 6) is -2.52. The Bertz CT molecular complexity index is 804. The molecule has 2 bridgehead atoms. The second kappa shape index (κ2) is 6.79. The smallest absolute Gasteiger partial charge is 0.267 e. The van der Waals surface area contributed by atoms with Crippen molar-refractivity contribution in [3.63, 3.8) is 0 Å². The van der Waals surface area contributed by atoms with E-state index in [1.54, 1.807) is 12.1 Å². The van der Waals surface area contributed by atoms with Crippen LogP contribution in [-0.2, 0) is 6.42 Å². The molecule has 0 saturated carbocycles. The van der Waals surface area contributed by atoms with E-state index in [4.69, 9.17) is 0 Å². The lowest BCUT2D eigenvalue weighted by Gasteiger charge is -2.44. The van der Waals surface area contributed by atoms with Gasteiger partial charge in [0, 0.05) is 42.4 Å². The highest BCUT2D eigenvalue weighted by atomic mass is 19.1. The van der Waals surface area contributed by atoms with E-state index in [2.05, 4.69) is 15.2 Å². The fourth-order valence-corrected chi connectivity index (χ4v) is 3.98. The van der Waals surface area contributed by atoms with Crippen LogP contribution in [0.2, 0.25) is 0 Å². The Kier molecular flexibility index (Phi) is 4.48. The molecule has 1 atom stereocenters. The molecule has 1 amide bonds. The van der Waals surface area contributed by atoms with Crippen molar-refractivity contribution in [3.8, 4) is 0 Å². The molecule has 0 unspecified atom stereocenters. The van der Waals surface area contributed by atoms with E-state index in [1.807, 2.05) is 0 Å². The molecule has 2 N–H and O–H groups in total. The first kappa shape index (κ1) is 17.1. The summed E-state index contributed by atoms with van der Waals surface area (Å²) in [6.07, 6.45) is 2.12. The minimum atomic E-state index is -0.951. The molecule has 26 heavy (non-hydrogen) atoms. The van der Waals surface area contributed by atoms with Crippen molar-refractivity contribution in [2.45, 2.75) is 25.3 Å². The van der Waals surface area contributed by atoms with E-state index in [0.717, 1.165) is 32.5 Å². The molecular formula is C19H20F3N3O. The van der Waals surface area contributed by atoms with Crippen LogP contribution >= 0.6 is 0 Å². The zero-order chi connectivity index (χ0) is 18.3. The van der Waals surface area contributed by atoms with Crippen LogP contribution in [0.25, 0.3) is 0 Å². The van der Waals surface area contributed by atoms with Crippen LogP contribution in [0.15, 0.2) is 24.3 Å². The number of rotatable bonds is 4. The predicted molar refractivity (Wildman–Crippen MR) is 90.3 cm³/mol.